The Hall–Kier alpha value is -2.58. The summed E-state index contributed by atoms with van der Waals surface area (Å²) in [6, 6.07) is 4.57. The average molecular weight is 370 g/mol. The molecule has 3 aliphatic heterocycles. The SMILES string of the molecule is C[C@@H]1CNC[C@H]1NCc1cccc2c1C(=O)N(C1CCC(=O)NC1=O)C2=O. The monoisotopic (exact) mass is 370 g/mol. The van der Waals surface area contributed by atoms with Crippen molar-refractivity contribution in [1.29, 1.82) is 0 Å². The van der Waals surface area contributed by atoms with Crippen LogP contribution in [0.5, 0.6) is 0 Å². The molecule has 3 atom stereocenters. The van der Waals surface area contributed by atoms with E-state index in [2.05, 4.69) is 22.9 Å². The molecular weight excluding hydrogens is 348 g/mol. The average Bonchev–Trinajstić information content (AvgIpc) is 3.16. The lowest BCUT2D eigenvalue weighted by Gasteiger charge is -2.27. The van der Waals surface area contributed by atoms with E-state index in [-0.39, 0.29) is 18.7 Å². The van der Waals surface area contributed by atoms with Crippen molar-refractivity contribution in [2.45, 2.75) is 38.4 Å². The van der Waals surface area contributed by atoms with Gasteiger partial charge in [0.1, 0.15) is 6.04 Å². The summed E-state index contributed by atoms with van der Waals surface area (Å²) in [7, 11) is 0. The van der Waals surface area contributed by atoms with Crippen molar-refractivity contribution in [1.82, 2.24) is 20.9 Å². The molecule has 142 valence electrons. The second-order valence-electron chi connectivity index (χ2n) is 7.41. The van der Waals surface area contributed by atoms with Crippen molar-refractivity contribution in [3.63, 3.8) is 0 Å². The van der Waals surface area contributed by atoms with Crippen LogP contribution in [0.4, 0.5) is 0 Å². The zero-order valence-electron chi connectivity index (χ0n) is 15.1. The maximum absolute atomic E-state index is 13.0. The van der Waals surface area contributed by atoms with Gasteiger partial charge in [-0.25, -0.2) is 0 Å². The number of piperidine rings is 1. The van der Waals surface area contributed by atoms with Crippen molar-refractivity contribution >= 4 is 23.6 Å². The van der Waals surface area contributed by atoms with Crippen LogP contribution in [0.25, 0.3) is 0 Å². The fourth-order valence-corrected chi connectivity index (χ4v) is 4.06. The topological polar surface area (TPSA) is 108 Å². The van der Waals surface area contributed by atoms with Gasteiger partial charge in [0, 0.05) is 25.6 Å². The first-order chi connectivity index (χ1) is 13.0. The highest BCUT2D eigenvalue weighted by Gasteiger charge is 2.45. The van der Waals surface area contributed by atoms with Crippen molar-refractivity contribution in [2.75, 3.05) is 13.1 Å². The predicted octanol–water partition coefficient (Wildman–Crippen LogP) is -0.215. The van der Waals surface area contributed by atoms with Gasteiger partial charge >= 0.3 is 0 Å². The van der Waals surface area contributed by atoms with E-state index in [0.29, 0.717) is 29.6 Å². The van der Waals surface area contributed by atoms with E-state index in [1.165, 1.54) is 0 Å². The lowest BCUT2D eigenvalue weighted by molar-refractivity contribution is -0.136. The Balaban J connectivity index is 1.58. The number of rotatable bonds is 4. The Morgan fingerprint density at radius 3 is 2.67 bits per heavy atom. The zero-order valence-corrected chi connectivity index (χ0v) is 15.1. The molecule has 2 saturated heterocycles. The molecule has 8 heteroatoms. The molecule has 4 amide bonds. The third-order valence-electron chi connectivity index (χ3n) is 5.63. The number of nitrogens with one attached hydrogen (secondary N) is 3. The van der Waals surface area contributed by atoms with E-state index in [1.54, 1.807) is 12.1 Å². The van der Waals surface area contributed by atoms with Crippen molar-refractivity contribution < 1.29 is 19.2 Å². The summed E-state index contributed by atoms with van der Waals surface area (Å²) in [5.41, 5.74) is 1.43. The molecule has 0 bridgehead atoms. The van der Waals surface area contributed by atoms with Crippen LogP contribution in [0, 0.1) is 5.92 Å². The van der Waals surface area contributed by atoms with Gasteiger partial charge in [0.15, 0.2) is 0 Å². The van der Waals surface area contributed by atoms with Crippen LogP contribution < -0.4 is 16.0 Å². The molecule has 0 aliphatic carbocycles. The molecule has 27 heavy (non-hydrogen) atoms. The molecule has 3 N–H and O–H groups in total. The summed E-state index contributed by atoms with van der Waals surface area (Å²) in [5, 5.41) is 8.99. The van der Waals surface area contributed by atoms with Crippen molar-refractivity contribution in [3.8, 4) is 0 Å². The molecule has 8 nitrogen and oxygen atoms in total. The molecular formula is C19H22N4O4. The molecule has 0 spiro atoms. The highest BCUT2D eigenvalue weighted by atomic mass is 16.2. The van der Waals surface area contributed by atoms with E-state index < -0.39 is 23.8 Å². The third kappa shape index (κ3) is 3.04. The molecule has 0 aromatic heterocycles. The normalized spacial score (nSPS) is 27.9. The highest BCUT2D eigenvalue weighted by Crippen LogP contribution is 2.30. The summed E-state index contributed by atoms with van der Waals surface area (Å²) in [4.78, 5) is 50.4. The molecule has 2 fully saturated rings. The standard InChI is InChI=1S/C19H22N4O4/c1-10-7-20-9-13(10)21-8-11-3-2-4-12-16(11)19(27)23(18(12)26)14-5-6-15(24)22-17(14)25/h2-4,10,13-14,20-21H,5-9H2,1H3,(H,22,24,25)/t10-,13-,14?/m1/s1. The predicted molar refractivity (Wildman–Crippen MR) is 95.8 cm³/mol. The van der Waals surface area contributed by atoms with Crippen LogP contribution >= 0.6 is 0 Å². The first kappa shape index (κ1) is 17.8. The number of carbonyl (C=O) groups is 4. The zero-order chi connectivity index (χ0) is 19.1. The van der Waals surface area contributed by atoms with Gasteiger partial charge in [0.2, 0.25) is 11.8 Å². The smallest absolute Gasteiger partial charge is 0.262 e. The van der Waals surface area contributed by atoms with Gasteiger partial charge in [0.05, 0.1) is 11.1 Å². The van der Waals surface area contributed by atoms with Crippen molar-refractivity contribution in [3.05, 3.63) is 34.9 Å². The molecule has 4 rings (SSSR count). The molecule has 0 radical (unpaired) electrons. The van der Waals surface area contributed by atoms with Gasteiger partial charge in [0.25, 0.3) is 11.8 Å². The number of hydrogen-bond donors (Lipinski definition) is 3. The summed E-state index contributed by atoms with van der Waals surface area (Å²) in [5.74, 6) is -1.41. The minimum Gasteiger partial charge on any atom is -0.315 e. The maximum atomic E-state index is 13.0. The second-order valence-corrected chi connectivity index (χ2v) is 7.41. The lowest BCUT2D eigenvalue weighted by atomic mass is 10.0. The summed E-state index contributed by atoms with van der Waals surface area (Å²) in [6.07, 6.45) is 0.278. The second kappa shape index (κ2) is 6.86. The largest absolute Gasteiger partial charge is 0.315 e. The van der Waals surface area contributed by atoms with Crippen molar-refractivity contribution in [2.24, 2.45) is 5.92 Å². The fraction of sp³-hybridized carbons (Fsp3) is 0.474. The first-order valence-electron chi connectivity index (χ1n) is 9.25. The number of fused-ring (bicyclic) bond motifs is 1. The molecule has 1 aromatic rings. The molecule has 1 aromatic carbocycles. The Morgan fingerprint density at radius 2 is 1.96 bits per heavy atom. The van der Waals surface area contributed by atoms with Gasteiger partial charge in [-0.2, -0.15) is 0 Å². The Labute approximate surface area is 156 Å². The van der Waals surface area contributed by atoms with Crippen LogP contribution in [0.3, 0.4) is 0 Å². The number of hydrogen-bond acceptors (Lipinski definition) is 6. The van der Waals surface area contributed by atoms with Gasteiger partial charge in [-0.05, 0) is 30.5 Å². The Morgan fingerprint density at radius 1 is 1.15 bits per heavy atom. The molecule has 1 unspecified atom stereocenters. The fourth-order valence-electron chi connectivity index (χ4n) is 4.06. The van der Waals surface area contributed by atoms with Gasteiger partial charge in [-0.1, -0.05) is 19.1 Å². The van der Waals surface area contributed by atoms with Gasteiger partial charge in [-0.15, -0.1) is 0 Å². The van der Waals surface area contributed by atoms with Crippen LogP contribution in [-0.4, -0.2) is 53.7 Å². The number of carbonyl (C=O) groups excluding carboxylic acids is 4. The molecule has 3 heterocycles. The van der Waals surface area contributed by atoms with Gasteiger partial charge in [-0.3, -0.25) is 29.4 Å². The summed E-state index contributed by atoms with van der Waals surface area (Å²) in [6.45, 7) is 4.45. The lowest BCUT2D eigenvalue weighted by Crippen LogP contribution is -2.54. The van der Waals surface area contributed by atoms with Crippen LogP contribution in [-0.2, 0) is 16.1 Å². The van der Waals surface area contributed by atoms with E-state index in [9.17, 15) is 19.2 Å². The maximum Gasteiger partial charge on any atom is 0.262 e. The van der Waals surface area contributed by atoms with E-state index in [4.69, 9.17) is 0 Å². The van der Waals surface area contributed by atoms with Crippen LogP contribution in [0.15, 0.2) is 18.2 Å². The highest BCUT2D eigenvalue weighted by molar-refractivity contribution is 6.24. The summed E-state index contributed by atoms with van der Waals surface area (Å²) >= 11 is 0. The minimum atomic E-state index is -0.935. The van der Waals surface area contributed by atoms with E-state index in [0.717, 1.165) is 23.6 Å². The minimum absolute atomic E-state index is 0.116. The molecule has 0 saturated carbocycles. The van der Waals surface area contributed by atoms with E-state index >= 15 is 0 Å². The first-order valence-corrected chi connectivity index (χ1v) is 9.25. The van der Waals surface area contributed by atoms with Crippen LogP contribution in [0.1, 0.15) is 46.0 Å². The number of amides is 4. The van der Waals surface area contributed by atoms with E-state index in [1.807, 2.05) is 6.07 Å². The van der Waals surface area contributed by atoms with Crippen LogP contribution in [0.2, 0.25) is 0 Å². The molecule has 3 aliphatic rings. The Kier molecular flexibility index (Phi) is 4.53. The summed E-state index contributed by atoms with van der Waals surface area (Å²) < 4.78 is 0. The number of imide groups is 2. The quantitative estimate of drug-likeness (QED) is 0.633. The number of nitrogens with zero attached hydrogens (tertiary/aromatic N) is 1. The third-order valence-corrected chi connectivity index (χ3v) is 5.63. The Bertz CT molecular complexity index is 837. The number of benzene rings is 1. The van der Waals surface area contributed by atoms with Gasteiger partial charge < -0.3 is 10.6 Å².